The summed E-state index contributed by atoms with van der Waals surface area (Å²) in [6.07, 6.45) is 4.17. The average molecular weight is 245 g/mol. The Morgan fingerprint density at radius 3 is 2.94 bits per heavy atom. The predicted molar refractivity (Wildman–Crippen MR) is 68.5 cm³/mol. The molecular weight excluding hydrogens is 230 g/mol. The van der Waals surface area contributed by atoms with Gasteiger partial charge in [0.25, 0.3) is 11.5 Å². The minimum absolute atomic E-state index is 0.188. The first-order valence-corrected chi connectivity index (χ1v) is 5.74. The molecule has 2 heterocycles. The molecule has 2 N–H and O–H groups in total. The number of hydrogen-bond acceptors (Lipinski definition) is 2. The lowest BCUT2D eigenvalue weighted by Gasteiger charge is -2.05. The summed E-state index contributed by atoms with van der Waals surface area (Å²) in [5, 5.41) is 2.78. The Morgan fingerprint density at radius 2 is 2.28 bits per heavy atom. The zero-order valence-corrected chi connectivity index (χ0v) is 10.1. The van der Waals surface area contributed by atoms with E-state index >= 15 is 0 Å². The third-order valence-electron chi connectivity index (χ3n) is 2.71. The van der Waals surface area contributed by atoms with E-state index in [1.165, 1.54) is 10.6 Å². The van der Waals surface area contributed by atoms with Gasteiger partial charge in [-0.1, -0.05) is 0 Å². The van der Waals surface area contributed by atoms with Gasteiger partial charge < -0.3 is 14.9 Å². The van der Waals surface area contributed by atoms with Crippen molar-refractivity contribution in [1.29, 1.82) is 0 Å². The number of rotatable bonds is 4. The second-order valence-corrected chi connectivity index (χ2v) is 4.07. The maximum Gasteiger partial charge on any atom is 0.251 e. The van der Waals surface area contributed by atoms with Gasteiger partial charge in [0, 0.05) is 49.7 Å². The second kappa shape index (κ2) is 5.35. The molecule has 0 aliphatic rings. The zero-order valence-electron chi connectivity index (χ0n) is 10.1. The van der Waals surface area contributed by atoms with Crippen LogP contribution < -0.4 is 10.9 Å². The first kappa shape index (κ1) is 12.2. The normalized spacial score (nSPS) is 10.3. The second-order valence-electron chi connectivity index (χ2n) is 4.07. The molecule has 18 heavy (non-hydrogen) atoms. The number of H-pyrrole nitrogens is 1. The van der Waals surface area contributed by atoms with E-state index in [0.717, 1.165) is 12.1 Å². The summed E-state index contributed by atoms with van der Waals surface area (Å²) in [5.41, 5.74) is 1.27. The lowest BCUT2D eigenvalue weighted by molar-refractivity contribution is 0.0954. The van der Waals surface area contributed by atoms with Crippen molar-refractivity contribution in [2.24, 2.45) is 7.05 Å². The molecule has 0 saturated carbocycles. The molecular formula is C13H15N3O2. The van der Waals surface area contributed by atoms with E-state index in [1.807, 2.05) is 18.3 Å². The van der Waals surface area contributed by atoms with Crippen LogP contribution in [0, 0.1) is 0 Å². The molecule has 94 valence electrons. The Balaban J connectivity index is 1.91. The van der Waals surface area contributed by atoms with Crippen molar-refractivity contribution in [1.82, 2.24) is 14.9 Å². The summed E-state index contributed by atoms with van der Waals surface area (Å²) in [6.45, 7) is 0.536. The average Bonchev–Trinajstić information content (AvgIpc) is 2.85. The molecule has 0 saturated heterocycles. The number of aryl methyl sites for hydroxylation is 1. The maximum absolute atomic E-state index is 11.8. The molecule has 2 aromatic rings. The summed E-state index contributed by atoms with van der Waals surface area (Å²) >= 11 is 0. The van der Waals surface area contributed by atoms with Gasteiger partial charge >= 0.3 is 0 Å². The molecule has 2 rings (SSSR count). The fourth-order valence-electron chi connectivity index (χ4n) is 1.63. The highest BCUT2D eigenvalue weighted by atomic mass is 16.2. The van der Waals surface area contributed by atoms with Crippen molar-refractivity contribution >= 4 is 5.91 Å². The van der Waals surface area contributed by atoms with Crippen molar-refractivity contribution in [2.45, 2.75) is 6.42 Å². The number of nitrogens with one attached hydrogen (secondary N) is 2. The lowest BCUT2D eigenvalue weighted by Crippen LogP contribution is -2.27. The first-order chi connectivity index (χ1) is 8.66. The highest BCUT2D eigenvalue weighted by Gasteiger charge is 2.05. The number of pyridine rings is 1. The minimum atomic E-state index is -0.223. The summed E-state index contributed by atoms with van der Waals surface area (Å²) in [5.74, 6) is -0.223. The largest absolute Gasteiger partial charge is 0.365 e. The van der Waals surface area contributed by atoms with Gasteiger partial charge in [0.2, 0.25) is 0 Å². The van der Waals surface area contributed by atoms with Crippen LogP contribution >= 0.6 is 0 Å². The number of hydrogen-bond donors (Lipinski definition) is 2. The molecule has 5 heteroatoms. The Morgan fingerprint density at radius 1 is 1.44 bits per heavy atom. The van der Waals surface area contributed by atoms with E-state index in [1.54, 1.807) is 19.3 Å². The molecule has 0 radical (unpaired) electrons. The SMILES string of the molecule is Cn1ccc(C(=O)NCCc2ccc[nH]2)cc1=O. The number of nitrogens with zero attached hydrogens (tertiary/aromatic N) is 1. The van der Waals surface area contributed by atoms with E-state index in [4.69, 9.17) is 0 Å². The summed E-state index contributed by atoms with van der Waals surface area (Å²) < 4.78 is 1.43. The number of amides is 1. The third-order valence-corrected chi connectivity index (χ3v) is 2.71. The van der Waals surface area contributed by atoms with Crippen LogP contribution in [-0.4, -0.2) is 22.0 Å². The lowest BCUT2D eigenvalue weighted by atomic mass is 10.2. The zero-order chi connectivity index (χ0) is 13.0. The number of carbonyl (C=O) groups excluding carboxylic acids is 1. The quantitative estimate of drug-likeness (QED) is 0.832. The summed E-state index contributed by atoms with van der Waals surface area (Å²) in [4.78, 5) is 26.2. The van der Waals surface area contributed by atoms with Crippen LogP contribution in [0.4, 0.5) is 0 Å². The Labute approximate surface area is 104 Å². The van der Waals surface area contributed by atoms with Crippen LogP contribution in [0.3, 0.4) is 0 Å². The Bertz CT molecular complexity index is 585. The molecule has 5 nitrogen and oxygen atoms in total. The van der Waals surface area contributed by atoms with Crippen molar-refractivity contribution in [3.05, 3.63) is 58.3 Å². The first-order valence-electron chi connectivity index (χ1n) is 5.74. The van der Waals surface area contributed by atoms with E-state index in [2.05, 4.69) is 10.3 Å². The molecule has 0 bridgehead atoms. The minimum Gasteiger partial charge on any atom is -0.365 e. The van der Waals surface area contributed by atoms with Gasteiger partial charge in [0.15, 0.2) is 0 Å². The van der Waals surface area contributed by atoms with Crippen molar-refractivity contribution in [2.75, 3.05) is 6.54 Å². The van der Waals surface area contributed by atoms with E-state index in [9.17, 15) is 9.59 Å². The molecule has 0 spiro atoms. The summed E-state index contributed by atoms with van der Waals surface area (Å²) in [6, 6.07) is 6.85. The van der Waals surface area contributed by atoms with Crippen LogP contribution in [0.15, 0.2) is 41.5 Å². The number of aromatic nitrogens is 2. The molecule has 2 aromatic heterocycles. The predicted octanol–water partition coefficient (Wildman–Crippen LogP) is 0.686. The number of carbonyl (C=O) groups is 1. The monoisotopic (exact) mass is 245 g/mol. The molecule has 0 aliphatic carbocycles. The van der Waals surface area contributed by atoms with Crippen molar-refractivity contribution in [3.63, 3.8) is 0 Å². The maximum atomic E-state index is 11.8. The summed E-state index contributed by atoms with van der Waals surface area (Å²) in [7, 11) is 1.65. The molecule has 0 aromatic carbocycles. The van der Waals surface area contributed by atoms with Crippen LogP contribution in [-0.2, 0) is 13.5 Å². The van der Waals surface area contributed by atoms with Gasteiger partial charge in [-0.2, -0.15) is 0 Å². The smallest absolute Gasteiger partial charge is 0.251 e. The van der Waals surface area contributed by atoms with E-state index in [0.29, 0.717) is 12.1 Å². The third kappa shape index (κ3) is 2.88. The van der Waals surface area contributed by atoms with Gasteiger partial charge in [0.1, 0.15) is 0 Å². The molecule has 0 atom stereocenters. The molecule has 0 unspecified atom stereocenters. The van der Waals surface area contributed by atoms with Crippen molar-refractivity contribution < 1.29 is 4.79 Å². The van der Waals surface area contributed by atoms with Crippen LogP contribution in [0.2, 0.25) is 0 Å². The van der Waals surface area contributed by atoms with Gasteiger partial charge in [-0.15, -0.1) is 0 Å². The topological polar surface area (TPSA) is 66.9 Å². The molecule has 0 fully saturated rings. The van der Waals surface area contributed by atoms with E-state index in [-0.39, 0.29) is 11.5 Å². The van der Waals surface area contributed by atoms with Crippen LogP contribution in [0.1, 0.15) is 16.1 Å². The van der Waals surface area contributed by atoms with Gasteiger partial charge in [0.05, 0.1) is 0 Å². The fourth-order valence-corrected chi connectivity index (χ4v) is 1.63. The van der Waals surface area contributed by atoms with Gasteiger partial charge in [-0.3, -0.25) is 9.59 Å². The highest BCUT2D eigenvalue weighted by Crippen LogP contribution is 1.96. The van der Waals surface area contributed by atoms with Gasteiger partial charge in [-0.05, 0) is 18.2 Å². The van der Waals surface area contributed by atoms with Crippen LogP contribution in [0.25, 0.3) is 0 Å². The molecule has 1 amide bonds. The Kier molecular flexibility index (Phi) is 3.62. The van der Waals surface area contributed by atoms with Crippen LogP contribution in [0.5, 0.6) is 0 Å². The molecule has 0 aliphatic heterocycles. The standard InChI is InChI=1S/C13H15N3O2/c1-16-8-5-10(9-12(16)17)13(18)15-7-4-11-3-2-6-14-11/h2-3,5-6,8-9,14H,4,7H2,1H3,(H,15,18). The van der Waals surface area contributed by atoms with Crippen molar-refractivity contribution in [3.8, 4) is 0 Å². The highest BCUT2D eigenvalue weighted by molar-refractivity contribution is 5.93. The van der Waals surface area contributed by atoms with Gasteiger partial charge in [-0.25, -0.2) is 0 Å². The number of aromatic amines is 1. The Hall–Kier alpha value is -2.30. The van der Waals surface area contributed by atoms with E-state index < -0.39 is 0 Å². The fraction of sp³-hybridized carbons (Fsp3) is 0.231.